The molecule has 6 rings (SSSR count). The maximum absolute atomic E-state index is 14.0. The first-order valence-corrected chi connectivity index (χ1v) is 13.7. The summed E-state index contributed by atoms with van der Waals surface area (Å²) in [6.07, 6.45) is 2.62. The number of nitrogen functional groups attached to an aromatic ring is 1. The lowest BCUT2D eigenvalue weighted by Crippen LogP contribution is -2.42. The number of aromatic amines is 1. The molecule has 0 aliphatic rings. The van der Waals surface area contributed by atoms with E-state index in [1.165, 1.54) is 35.3 Å². The van der Waals surface area contributed by atoms with E-state index in [9.17, 15) is 18.8 Å². The van der Waals surface area contributed by atoms with Crippen LogP contribution < -0.4 is 22.3 Å². The number of amides is 1. The van der Waals surface area contributed by atoms with Crippen molar-refractivity contribution in [3.63, 3.8) is 0 Å². The van der Waals surface area contributed by atoms with Gasteiger partial charge in [-0.2, -0.15) is 10.2 Å². The number of carbonyl (C=O) groups is 1. The highest BCUT2D eigenvalue weighted by molar-refractivity contribution is 6.04. The van der Waals surface area contributed by atoms with E-state index in [0.29, 0.717) is 17.0 Å². The second-order valence-electron chi connectivity index (χ2n) is 10.6. The third-order valence-corrected chi connectivity index (χ3v) is 7.40. The lowest BCUT2D eigenvalue weighted by molar-refractivity contribution is 0.102. The van der Waals surface area contributed by atoms with Gasteiger partial charge >= 0.3 is 5.69 Å². The molecule has 4 aromatic heterocycles. The van der Waals surface area contributed by atoms with Crippen molar-refractivity contribution in [2.75, 3.05) is 11.1 Å². The van der Waals surface area contributed by atoms with Gasteiger partial charge in [-0.05, 0) is 69.7 Å². The van der Waals surface area contributed by atoms with Crippen LogP contribution in [0.25, 0.3) is 33.6 Å². The Morgan fingerprint density at radius 3 is 2.48 bits per heavy atom. The zero-order chi connectivity index (χ0) is 31.3. The largest absolute Gasteiger partial charge is 0.382 e. The number of H-pyrrole nitrogens is 1. The van der Waals surface area contributed by atoms with E-state index >= 15 is 0 Å². The fourth-order valence-corrected chi connectivity index (χ4v) is 5.27. The quantitative estimate of drug-likeness (QED) is 0.260. The van der Waals surface area contributed by atoms with Crippen molar-refractivity contribution in [3.8, 4) is 28.1 Å². The number of carbonyl (C=O) groups excluding carboxylic acids is 1. The number of rotatable bonds is 6. The predicted octanol–water partition coefficient (Wildman–Crippen LogP) is 4.27. The Hall–Kier alpha value is -5.85. The summed E-state index contributed by atoms with van der Waals surface area (Å²) in [5, 5.41) is 14.5. The van der Waals surface area contributed by atoms with E-state index in [0.717, 1.165) is 44.4 Å². The maximum atomic E-state index is 14.0. The number of aryl methyl sites for hydroxylation is 2. The van der Waals surface area contributed by atoms with Gasteiger partial charge in [-0.1, -0.05) is 18.2 Å². The van der Waals surface area contributed by atoms with Gasteiger partial charge in [-0.15, -0.1) is 0 Å². The molecule has 2 aromatic carbocycles. The van der Waals surface area contributed by atoms with Gasteiger partial charge in [-0.3, -0.25) is 19.3 Å². The molecule has 0 saturated carbocycles. The van der Waals surface area contributed by atoms with E-state index in [4.69, 9.17) is 5.73 Å². The Labute approximate surface area is 249 Å². The number of nitrogens with one attached hydrogen (secondary N) is 2. The van der Waals surface area contributed by atoms with Gasteiger partial charge in [0.25, 0.3) is 11.5 Å². The number of nitrogens with zero attached hydrogens (tertiary/aromatic N) is 6. The number of benzene rings is 2. The molecule has 222 valence electrons. The number of hydrogen-bond acceptors (Lipinski definition) is 7. The average molecular weight is 594 g/mol. The summed E-state index contributed by atoms with van der Waals surface area (Å²) in [6.45, 7) is 7.31. The van der Waals surface area contributed by atoms with Crippen LogP contribution in [0.2, 0.25) is 0 Å². The van der Waals surface area contributed by atoms with Crippen molar-refractivity contribution < 1.29 is 9.18 Å². The van der Waals surface area contributed by atoms with Crippen LogP contribution in [-0.2, 0) is 0 Å². The van der Waals surface area contributed by atoms with Gasteiger partial charge in [0.05, 0.1) is 17.1 Å². The SMILES string of the molecule is Cc1n[nH]c(C)c1-c1cc(-c2ccc(NC(=O)c3cn(C(C)C)c(=O)n(-c4cccc(F)c4)c3=O)cc2)c2c(N)ncnn12. The van der Waals surface area contributed by atoms with Crippen molar-refractivity contribution in [1.82, 2.24) is 33.9 Å². The van der Waals surface area contributed by atoms with Gasteiger partial charge in [0.15, 0.2) is 5.82 Å². The van der Waals surface area contributed by atoms with Crippen molar-refractivity contribution in [2.24, 2.45) is 0 Å². The molecule has 4 heterocycles. The van der Waals surface area contributed by atoms with Gasteiger partial charge in [0, 0.05) is 34.7 Å². The molecule has 12 nitrogen and oxygen atoms in total. The summed E-state index contributed by atoms with van der Waals surface area (Å²) in [6, 6.07) is 13.7. The topological polar surface area (TPSA) is 158 Å². The third kappa shape index (κ3) is 4.73. The van der Waals surface area contributed by atoms with Crippen molar-refractivity contribution in [2.45, 2.75) is 33.7 Å². The number of halogens is 1. The highest BCUT2D eigenvalue weighted by Gasteiger charge is 2.22. The van der Waals surface area contributed by atoms with Crippen LogP contribution in [0.15, 0.2) is 76.7 Å². The Morgan fingerprint density at radius 2 is 1.82 bits per heavy atom. The number of aromatic nitrogens is 7. The number of fused-ring (bicyclic) bond motifs is 1. The lowest BCUT2D eigenvalue weighted by atomic mass is 10.0. The molecule has 13 heteroatoms. The highest BCUT2D eigenvalue weighted by Crippen LogP contribution is 2.36. The molecule has 0 aliphatic heterocycles. The van der Waals surface area contributed by atoms with Crippen LogP contribution in [0.3, 0.4) is 0 Å². The Balaban J connectivity index is 1.37. The number of anilines is 2. The first kappa shape index (κ1) is 28.3. The first-order valence-electron chi connectivity index (χ1n) is 13.7. The van der Waals surface area contributed by atoms with Crippen LogP contribution in [0.1, 0.15) is 41.6 Å². The van der Waals surface area contributed by atoms with Gasteiger partial charge in [-0.25, -0.2) is 23.3 Å². The molecular weight excluding hydrogens is 565 g/mol. The first-order chi connectivity index (χ1) is 21.0. The molecule has 44 heavy (non-hydrogen) atoms. The van der Waals surface area contributed by atoms with Crippen LogP contribution in [0, 0.1) is 19.7 Å². The molecule has 0 spiro atoms. The smallest absolute Gasteiger partial charge is 0.335 e. The molecule has 0 aliphatic carbocycles. The van der Waals surface area contributed by atoms with Gasteiger partial charge in [0.2, 0.25) is 0 Å². The summed E-state index contributed by atoms with van der Waals surface area (Å²) in [5.74, 6) is -1.04. The standard InChI is InChI=1S/C31H28FN9O3/c1-16(2)39-14-24(30(43)40(31(39)44)22-7-5-6-20(32)12-22)29(42)36-21-10-8-19(9-11-21)23-13-25(26-17(3)37-38-18(26)4)41-27(23)28(33)34-15-35-41/h5-16H,1-4H3,(H,36,42)(H,37,38)(H2,33,34,35). The van der Waals surface area contributed by atoms with E-state index in [1.807, 2.05) is 19.9 Å². The van der Waals surface area contributed by atoms with Crippen molar-refractivity contribution in [3.05, 3.63) is 111 Å². The maximum Gasteiger partial charge on any atom is 0.335 e. The molecule has 0 bridgehead atoms. The fourth-order valence-electron chi connectivity index (χ4n) is 5.27. The molecule has 0 saturated heterocycles. The minimum Gasteiger partial charge on any atom is -0.382 e. The average Bonchev–Trinajstić information content (AvgIpc) is 3.53. The molecule has 4 N–H and O–H groups in total. The monoisotopic (exact) mass is 593 g/mol. The number of nitrogens with two attached hydrogens (primary N) is 1. The molecule has 6 aromatic rings. The van der Waals surface area contributed by atoms with Crippen molar-refractivity contribution in [1.29, 1.82) is 0 Å². The third-order valence-electron chi connectivity index (χ3n) is 7.40. The van der Waals surface area contributed by atoms with Crippen molar-refractivity contribution >= 4 is 22.9 Å². The normalized spacial score (nSPS) is 11.4. The van der Waals surface area contributed by atoms with Gasteiger partial charge < -0.3 is 11.1 Å². The minimum absolute atomic E-state index is 0.0247. The molecule has 0 radical (unpaired) electrons. The molecule has 0 unspecified atom stereocenters. The summed E-state index contributed by atoms with van der Waals surface area (Å²) >= 11 is 0. The molecule has 0 fully saturated rings. The van der Waals surface area contributed by atoms with Gasteiger partial charge in [0.1, 0.15) is 23.2 Å². The Morgan fingerprint density at radius 1 is 1.07 bits per heavy atom. The van der Waals surface area contributed by atoms with E-state index < -0.39 is 23.0 Å². The van der Waals surface area contributed by atoms with Crippen LogP contribution in [-0.4, -0.2) is 39.8 Å². The molecule has 0 atom stereocenters. The highest BCUT2D eigenvalue weighted by atomic mass is 19.1. The predicted molar refractivity (Wildman–Crippen MR) is 164 cm³/mol. The minimum atomic E-state index is -0.861. The zero-order valence-electron chi connectivity index (χ0n) is 24.3. The second-order valence-corrected chi connectivity index (χ2v) is 10.6. The lowest BCUT2D eigenvalue weighted by Gasteiger charge is -2.15. The van der Waals surface area contributed by atoms with E-state index in [1.54, 1.807) is 42.6 Å². The Bertz CT molecular complexity index is 2170. The summed E-state index contributed by atoms with van der Waals surface area (Å²) < 4.78 is 17.8. The second kappa shape index (κ2) is 10.8. The number of hydrogen-bond donors (Lipinski definition) is 3. The van der Waals surface area contributed by atoms with E-state index in [-0.39, 0.29) is 17.3 Å². The van der Waals surface area contributed by atoms with Crippen LogP contribution in [0.4, 0.5) is 15.9 Å². The van der Waals surface area contributed by atoms with E-state index in [2.05, 4.69) is 25.6 Å². The summed E-state index contributed by atoms with van der Waals surface area (Å²) in [7, 11) is 0. The van der Waals surface area contributed by atoms with Crippen LogP contribution >= 0.6 is 0 Å². The fraction of sp³-hybridized carbons (Fsp3) is 0.161. The van der Waals surface area contributed by atoms with Crippen LogP contribution in [0.5, 0.6) is 0 Å². The Kier molecular flexibility index (Phi) is 6.92. The zero-order valence-corrected chi connectivity index (χ0v) is 24.3. The molecule has 1 amide bonds. The molecular formula is C31H28FN9O3. The summed E-state index contributed by atoms with van der Waals surface area (Å²) in [5.41, 5.74) is 10.5. The summed E-state index contributed by atoms with van der Waals surface area (Å²) in [4.78, 5) is 44.1.